The zero-order chi connectivity index (χ0) is 17.2. The number of halogens is 5. The third-order valence-electron chi connectivity index (χ3n) is 3.67. The van der Waals surface area contributed by atoms with E-state index in [4.69, 9.17) is 0 Å². The molecule has 6 heteroatoms. The third-order valence-corrected chi connectivity index (χ3v) is 3.67. The summed E-state index contributed by atoms with van der Waals surface area (Å²) >= 11 is 0. The summed E-state index contributed by atoms with van der Waals surface area (Å²) in [5.74, 6) is -1.32. The fraction of sp³-hybridized carbons (Fsp3) is 0.294. The van der Waals surface area contributed by atoms with Gasteiger partial charge >= 0.3 is 6.18 Å². The number of alkyl halides is 3. The van der Waals surface area contributed by atoms with Crippen LogP contribution in [0.1, 0.15) is 42.6 Å². The molecule has 0 aliphatic rings. The van der Waals surface area contributed by atoms with Crippen molar-refractivity contribution in [1.82, 2.24) is 5.32 Å². The Labute approximate surface area is 131 Å². The van der Waals surface area contributed by atoms with Gasteiger partial charge in [-0.1, -0.05) is 18.2 Å². The summed E-state index contributed by atoms with van der Waals surface area (Å²) in [6, 6.07) is 7.39. The van der Waals surface area contributed by atoms with Crippen molar-refractivity contribution in [3.8, 4) is 0 Å². The lowest BCUT2D eigenvalue weighted by Crippen LogP contribution is -2.23. The van der Waals surface area contributed by atoms with Crippen molar-refractivity contribution in [3.05, 3.63) is 70.8 Å². The number of nitrogens with one attached hydrogen (secondary N) is 1. The van der Waals surface area contributed by atoms with Gasteiger partial charge < -0.3 is 5.32 Å². The van der Waals surface area contributed by atoms with E-state index in [1.165, 1.54) is 24.3 Å². The summed E-state index contributed by atoms with van der Waals surface area (Å²) in [7, 11) is 0. The van der Waals surface area contributed by atoms with E-state index >= 15 is 0 Å². The van der Waals surface area contributed by atoms with Crippen molar-refractivity contribution < 1.29 is 22.0 Å². The molecular weight excluding hydrogens is 313 g/mol. The quantitative estimate of drug-likeness (QED) is 0.741. The van der Waals surface area contributed by atoms with Crippen LogP contribution in [0.3, 0.4) is 0 Å². The van der Waals surface area contributed by atoms with Crippen LogP contribution in [0.4, 0.5) is 22.0 Å². The smallest absolute Gasteiger partial charge is 0.304 e. The molecule has 0 fully saturated rings. The van der Waals surface area contributed by atoms with Gasteiger partial charge in [0, 0.05) is 23.7 Å². The summed E-state index contributed by atoms with van der Waals surface area (Å²) in [5, 5.41) is 3.09. The van der Waals surface area contributed by atoms with E-state index in [1.807, 2.05) is 0 Å². The van der Waals surface area contributed by atoms with Crippen LogP contribution in [-0.4, -0.2) is 0 Å². The van der Waals surface area contributed by atoms with Crippen LogP contribution < -0.4 is 5.32 Å². The minimum atomic E-state index is -4.38. The largest absolute Gasteiger partial charge is 0.416 e. The Bertz CT molecular complexity index is 664. The molecule has 2 rings (SSSR count). The molecule has 1 N–H and O–H groups in total. The topological polar surface area (TPSA) is 12.0 Å². The van der Waals surface area contributed by atoms with Gasteiger partial charge in [-0.2, -0.15) is 13.2 Å². The number of hydrogen-bond donors (Lipinski definition) is 1. The SMILES string of the molecule is CC(NC(C)c1ccc(F)cc1F)c1ccc(C(F)(F)F)cc1. The molecule has 0 saturated carbocycles. The number of rotatable bonds is 4. The lowest BCUT2D eigenvalue weighted by Gasteiger charge is -2.21. The summed E-state index contributed by atoms with van der Waals surface area (Å²) in [6.45, 7) is 3.47. The second kappa shape index (κ2) is 6.66. The summed E-state index contributed by atoms with van der Waals surface area (Å²) in [4.78, 5) is 0. The highest BCUT2D eigenvalue weighted by atomic mass is 19.4. The van der Waals surface area contributed by atoms with Gasteiger partial charge in [-0.3, -0.25) is 0 Å². The molecule has 2 aromatic rings. The predicted molar refractivity (Wildman–Crippen MR) is 77.8 cm³/mol. The Morgan fingerprint density at radius 3 is 2.00 bits per heavy atom. The standard InChI is InChI=1S/C17H16F5N/c1-10(12-3-5-13(6-4-12)17(20,21)22)23-11(2)15-8-7-14(18)9-16(15)19/h3-11,23H,1-2H3. The molecule has 0 aromatic heterocycles. The van der Waals surface area contributed by atoms with Crippen molar-refractivity contribution in [1.29, 1.82) is 0 Å². The van der Waals surface area contributed by atoms with E-state index in [1.54, 1.807) is 13.8 Å². The van der Waals surface area contributed by atoms with Crippen LogP contribution in [0.25, 0.3) is 0 Å². The summed E-state index contributed by atoms with van der Waals surface area (Å²) in [6.07, 6.45) is -4.38. The van der Waals surface area contributed by atoms with Gasteiger partial charge in [-0.15, -0.1) is 0 Å². The fourth-order valence-electron chi connectivity index (χ4n) is 2.37. The minimum Gasteiger partial charge on any atom is -0.304 e. The van der Waals surface area contributed by atoms with Crippen LogP contribution >= 0.6 is 0 Å². The molecule has 1 nitrogen and oxygen atoms in total. The molecular formula is C17H16F5N. The van der Waals surface area contributed by atoms with Gasteiger partial charge in [0.2, 0.25) is 0 Å². The van der Waals surface area contributed by atoms with Crippen LogP contribution in [0.5, 0.6) is 0 Å². The first-order chi connectivity index (χ1) is 10.7. The first-order valence-electron chi connectivity index (χ1n) is 7.06. The second-order valence-corrected chi connectivity index (χ2v) is 5.40. The van der Waals surface area contributed by atoms with E-state index in [2.05, 4.69) is 5.32 Å². The van der Waals surface area contributed by atoms with Gasteiger partial charge in [0.1, 0.15) is 11.6 Å². The molecule has 0 heterocycles. The molecule has 0 bridgehead atoms. The lowest BCUT2D eigenvalue weighted by atomic mass is 10.0. The third kappa shape index (κ3) is 4.28. The molecule has 0 aliphatic carbocycles. The van der Waals surface area contributed by atoms with Crippen molar-refractivity contribution in [2.75, 3.05) is 0 Å². The zero-order valence-electron chi connectivity index (χ0n) is 12.6. The maximum atomic E-state index is 13.7. The zero-order valence-corrected chi connectivity index (χ0v) is 12.6. The monoisotopic (exact) mass is 329 g/mol. The molecule has 0 aliphatic heterocycles. The van der Waals surface area contributed by atoms with Crippen molar-refractivity contribution >= 4 is 0 Å². The fourth-order valence-corrected chi connectivity index (χ4v) is 2.37. The van der Waals surface area contributed by atoms with Crippen LogP contribution in [0.15, 0.2) is 42.5 Å². The Kier molecular flexibility index (Phi) is 5.04. The molecule has 124 valence electrons. The normalized spacial score (nSPS) is 14.6. The lowest BCUT2D eigenvalue weighted by molar-refractivity contribution is -0.137. The van der Waals surface area contributed by atoms with Crippen LogP contribution in [0.2, 0.25) is 0 Å². The van der Waals surface area contributed by atoms with Gasteiger partial charge in [-0.05, 0) is 37.6 Å². The van der Waals surface area contributed by atoms with Gasteiger partial charge in [0.15, 0.2) is 0 Å². The van der Waals surface area contributed by atoms with E-state index in [9.17, 15) is 22.0 Å². The van der Waals surface area contributed by atoms with Crippen LogP contribution in [0, 0.1) is 11.6 Å². The summed E-state index contributed by atoms with van der Waals surface area (Å²) < 4.78 is 64.3. The average Bonchev–Trinajstić information content (AvgIpc) is 2.46. The predicted octanol–water partition coefficient (Wildman–Crippen LogP) is 5.40. The Balaban J connectivity index is 2.10. The van der Waals surface area contributed by atoms with Crippen molar-refractivity contribution in [2.24, 2.45) is 0 Å². The van der Waals surface area contributed by atoms with Gasteiger partial charge in [-0.25, -0.2) is 8.78 Å². The first kappa shape index (κ1) is 17.4. The van der Waals surface area contributed by atoms with Crippen molar-refractivity contribution in [2.45, 2.75) is 32.1 Å². The van der Waals surface area contributed by atoms with Gasteiger partial charge in [0.25, 0.3) is 0 Å². The number of hydrogen-bond acceptors (Lipinski definition) is 1. The Morgan fingerprint density at radius 1 is 0.870 bits per heavy atom. The van der Waals surface area contributed by atoms with Crippen molar-refractivity contribution in [3.63, 3.8) is 0 Å². The summed E-state index contributed by atoms with van der Waals surface area (Å²) in [5.41, 5.74) is 0.226. The van der Waals surface area contributed by atoms with E-state index in [0.717, 1.165) is 18.2 Å². The van der Waals surface area contributed by atoms with Gasteiger partial charge in [0.05, 0.1) is 5.56 Å². The maximum Gasteiger partial charge on any atom is 0.416 e. The average molecular weight is 329 g/mol. The highest BCUT2D eigenvalue weighted by molar-refractivity contribution is 5.27. The molecule has 0 spiro atoms. The molecule has 23 heavy (non-hydrogen) atoms. The molecule has 2 unspecified atom stereocenters. The highest BCUT2D eigenvalue weighted by Gasteiger charge is 2.30. The molecule has 0 radical (unpaired) electrons. The van der Waals surface area contributed by atoms with E-state index in [-0.39, 0.29) is 6.04 Å². The number of benzene rings is 2. The van der Waals surface area contributed by atoms with E-state index < -0.39 is 29.4 Å². The Morgan fingerprint density at radius 2 is 1.48 bits per heavy atom. The first-order valence-corrected chi connectivity index (χ1v) is 7.06. The highest BCUT2D eigenvalue weighted by Crippen LogP contribution is 2.30. The van der Waals surface area contributed by atoms with Crippen LogP contribution in [-0.2, 0) is 6.18 Å². The Hall–Kier alpha value is -1.95. The molecule has 2 atom stereocenters. The van der Waals surface area contributed by atoms with E-state index in [0.29, 0.717) is 11.1 Å². The maximum absolute atomic E-state index is 13.7. The molecule has 2 aromatic carbocycles. The molecule has 0 amide bonds. The minimum absolute atomic E-state index is 0.295. The second-order valence-electron chi connectivity index (χ2n) is 5.40. The molecule has 0 saturated heterocycles.